The maximum absolute atomic E-state index is 2.60. The summed E-state index contributed by atoms with van der Waals surface area (Å²) in [7, 11) is 0. The highest BCUT2D eigenvalue weighted by Gasteiger charge is 2.17. The Morgan fingerprint density at radius 1 is 0.289 bits per heavy atom. The highest BCUT2D eigenvalue weighted by molar-refractivity contribution is 7.98. The van der Waals surface area contributed by atoms with Crippen LogP contribution in [0.4, 0.5) is 0 Å². The second kappa shape index (κ2) is 11.0. The predicted molar refractivity (Wildman–Crippen MR) is 165 cm³/mol. The van der Waals surface area contributed by atoms with Crippen molar-refractivity contribution in [3.8, 4) is 0 Å². The molecular formula is C36H36S2. The molecule has 4 aromatic rings. The van der Waals surface area contributed by atoms with Crippen molar-refractivity contribution >= 4 is 23.5 Å². The fourth-order valence-corrected chi connectivity index (χ4v) is 8.61. The number of hydrogen-bond acceptors (Lipinski definition) is 2. The predicted octanol–water partition coefficient (Wildman–Crippen LogP) is 8.63. The second-order valence-electron chi connectivity index (χ2n) is 11.4. The average molecular weight is 533 g/mol. The smallest absolute Gasteiger partial charge is 0.0190 e. The van der Waals surface area contributed by atoms with Crippen LogP contribution in [0.2, 0.25) is 0 Å². The Kier molecular flexibility index (Phi) is 7.11. The number of rotatable bonds is 0. The summed E-state index contributed by atoms with van der Waals surface area (Å²) >= 11 is 4.26. The summed E-state index contributed by atoms with van der Waals surface area (Å²) in [4.78, 5) is 0. The lowest BCUT2D eigenvalue weighted by atomic mass is 9.91. The highest BCUT2D eigenvalue weighted by Crippen LogP contribution is 2.34. The van der Waals surface area contributed by atoms with E-state index in [2.05, 4.69) is 96.3 Å². The standard InChI is InChI=1S/C36H36S2/c1-2-26-4-3-25(1)9-13-29-17-34-22-38-24-36-20-31-15-11-27-5-7-28(8-6-27)12-16-32(36)19-35(31)23-37-21-33(29)18-30(34)14-10-26/h1-8,17-20H,9-16,21-24H2. The molecule has 0 fully saturated rings. The molecule has 192 valence electrons. The van der Waals surface area contributed by atoms with Gasteiger partial charge < -0.3 is 0 Å². The minimum atomic E-state index is 1.12. The van der Waals surface area contributed by atoms with Gasteiger partial charge in [-0.05, 0) is 118 Å². The summed E-state index contributed by atoms with van der Waals surface area (Å²) in [5, 5.41) is 0. The first-order chi connectivity index (χ1) is 18.8. The number of thioether (sulfide) groups is 2. The lowest BCUT2D eigenvalue weighted by Gasteiger charge is -2.21. The monoisotopic (exact) mass is 532 g/mol. The molecule has 12 bridgehead atoms. The Labute approximate surface area is 236 Å². The van der Waals surface area contributed by atoms with Gasteiger partial charge in [-0.3, -0.25) is 0 Å². The third kappa shape index (κ3) is 5.36. The van der Waals surface area contributed by atoms with Gasteiger partial charge in [0.25, 0.3) is 0 Å². The van der Waals surface area contributed by atoms with Crippen molar-refractivity contribution in [2.24, 2.45) is 0 Å². The number of benzene rings is 4. The van der Waals surface area contributed by atoms with Gasteiger partial charge in [-0.2, -0.15) is 23.5 Å². The number of fused-ring (bicyclic) bond motifs is 4. The third-order valence-corrected chi connectivity index (χ3v) is 10.9. The van der Waals surface area contributed by atoms with Gasteiger partial charge in [0.05, 0.1) is 0 Å². The Balaban J connectivity index is 1.23. The van der Waals surface area contributed by atoms with Crippen LogP contribution in [0.15, 0.2) is 72.8 Å². The molecule has 0 spiro atoms. The van der Waals surface area contributed by atoms with Crippen LogP contribution in [0.1, 0.15) is 66.8 Å². The van der Waals surface area contributed by atoms with E-state index < -0.39 is 0 Å². The molecule has 2 heterocycles. The van der Waals surface area contributed by atoms with Gasteiger partial charge in [0.2, 0.25) is 0 Å². The van der Waals surface area contributed by atoms with Gasteiger partial charge in [-0.1, -0.05) is 72.8 Å². The summed E-state index contributed by atoms with van der Waals surface area (Å²) in [6.07, 6.45) is 9.14. The van der Waals surface area contributed by atoms with Crippen LogP contribution < -0.4 is 0 Å². The molecule has 0 saturated heterocycles. The number of aryl methyl sites for hydroxylation is 8. The normalized spacial score (nSPS) is 17.1. The van der Waals surface area contributed by atoms with Crippen molar-refractivity contribution in [3.63, 3.8) is 0 Å². The molecule has 0 unspecified atom stereocenters. The Bertz CT molecular complexity index is 1220. The van der Waals surface area contributed by atoms with Gasteiger partial charge in [0.1, 0.15) is 0 Å². The first kappa shape index (κ1) is 24.6. The van der Waals surface area contributed by atoms with Crippen LogP contribution in [0.3, 0.4) is 0 Å². The topological polar surface area (TPSA) is 0 Å². The molecule has 38 heavy (non-hydrogen) atoms. The first-order valence-corrected chi connectivity index (χ1v) is 16.7. The lowest BCUT2D eigenvalue weighted by molar-refractivity contribution is 0.896. The molecule has 14 rings (SSSR count). The summed E-state index contributed by atoms with van der Waals surface area (Å²) in [6.45, 7) is 0. The average Bonchev–Trinajstić information content (AvgIpc) is 2.93. The summed E-state index contributed by atoms with van der Waals surface area (Å²) in [5.41, 5.74) is 18.5. The fraction of sp³-hybridized carbons (Fsp3) is 0.333. The van der Waals surface area contributed by atoms with E-state index in [-0.39, 0.29) is 0 Å². The zero-order valence-corrected chi connectivity index (χ0v) is 23.9. The maximum atomic E-state index is 2.60. The Morgan fingerprint density at radius 2 is 0.526 bits per heavy atom. The van der Waals surface area contributed by atoms with Crippen molar-refractivity contribution in [1.29, 1.82) is 0 Å². The van der Waals surface area contributed by atoms with E-state index in [1.54, 1.807) is 44.5 Å². The molecule has 2 heteroatoms. The molecule has 0 atom stereocenters. The molecule has 0 N–H and O–H groups in total. The first-order valence-electron chi connectivity index (χ1n) is 14.3. The molecule has 0 radical (unpaired) electrons. The molecule has 4 aromatic carbocycles. The quantitative estimate of drug-likeness (QED) is 0.222. The molecule has 0 amide bonds. The Morgan fingerprint density at radius 3 is 0.763 bits per heavy atom. The number of hydrogen-bond donors (Lipinski definition) is 0. The molecule has 0 nitrogen and oxygen atoms in total. The minimum Gasteiger partial charge on any atom is -0.152 e. The third-order valence-electron chi connectivity index (χ3n) is 8.85. The second-order valence-corrected chi connectivity index (χ2v) is 13.4. The van der Waals surface area contributed by atoms with E-state index in [4.69, 9.17) is 0 Å². The van der Waals surface area contributed by atoms with E-state index in [1.165, 1.54) is 22.3 Å². The SMILES string of the molecule is c1cc2ccc1CCc1cc3c(cc1CSCc1cc4c(cc1CCc1ccc(cc1)CC4)CSC3)CC2. The van der Waals surface area contributed by atoms with E-state index in [0.717, 1.165) is 74.4 Å². The van der Waals surface area contributed by atoms with Crippen LogP contribution in [-0.2, 0) is 74.4 Å². The van der Waals surface area contributed by atoms with Crippen molar-refractivity contribution in [2.75, 3.05) is 0 Å². The van der Waals surface area contributed by atoms with Gasteiger partial charge in [-0.15, -0.1) is 0 Å². The zero-order valence-electron chi connectivity index (χ0n) is 22.2. The fourth-order valence-electron chi connectivity index (χ4n) is 6.45. The van der Waals surface area contributed by atoms with Gasteiger partial charge in [-0.25, -0.2) is 0 Å². The van der Waals surface area contributed by atoms with Crippen LogP contribution in [0.25, 0.3) is 0 Å². The van der Waals surface area contributed by atoms with Crippen LogP contribution in [-0.4, -0.2) is 0 Å². The van der Waals surface area contributed by atoms with E-state index in [1.807, 2.05) is 0 Å². The van der Waals surface area contributed by atoms with Crippen molar-refractivity contribution in [1.82, 2.24) is 0 Å². The summed E-state index contributed by atoms with van der Waals surface area (Å²) < 4.78 is 0. The van der Waals surface area contributed by atoms with Gasteiger partial charge >= 0.3 is 0 Å². The van der Waals surface area contributed by atoms with Crippen molar-refractivity contribution in [3.05, 3.63) is 140 Å². The molecular weight excluding hydrogens is 497 g/mol. The highest BCUT2D eigenvalue weighted by atomic mass is 32.2. The van der Waals surface area contributed by atoms with Crippen LogP contribution in [0.5, 0.6) is 0 Å². The van der Waals surface area contributed by atoms with Crippen molar-refractivity contribution in [2.45, 2.75) is 74.4 Å². The van der Waals surface area contributed by atoms with E-state index in [0.29, 0.717) is 0 Å². The minimum absolute atomic E-state index is 1.12. The molecule has 0 aromatic heterocycles. The van der Waals surface area contributed by atoms with E-state index in [9.17, 15) is 0 Å². The van der Waals surface area contributed by atoms with Crippen LogP contribution >= 0.6 is 23.5 Å². The summed E-state index contributed by atoms with van der Waals surface area (Å²) in [5.74, 6) is 4.46. The molecule has 10 aliphatic rings. The Hall–Kier alpha value is -2.42. The lowest BCUT2D eigenvalue weighted by Crippen LogP contribution is -2.07. The maximum Gasteiger partial charge on any atom is 0.0190 e. The molecule has 8 aliphatic carbocycles. The zero-order chi connectivity index (χ0) is 25.3. The molecule has 2 aliphatic heterocycles. The van der Waals surface area contributed by atoms with Gasteiger partial charge in [0.15, 0.2) is 0 Å². The summed E-state index contributed by atoms with van der Waals surface area (Å²) in [6, 6.07) is 29.3. The molecule has 0 saturated carbocycles. The van der Waals surface area contributed by atoms with E-state index >= 15 is 0 Å². The van der Waals surface area contributed by atoms with Gasteiger partial charge in [0, 0.05) is 23.0 Å². The largest absolute Gasteiger partial charge is 0.152 e. The van der Waals surface area contributed by atoms with Crippen LogP contribution in [0, 0.1) is 0 Å². The van der Waals surface area contributed by atoms with Crippen molar-refractivity contribution < 1.29 is 0 Å².